The molecule has 0 unspecified atom stereocenters. The van der Waals surface area contributed by atoms with E-state index in [0.29, 0.717) is 6.42 Å². The van der Waals surface area contributed by atoms with Gasteiger partial charge in [0.25, 0.3) is 0 Å². The molecule has 0 amide bonds. The molecule has 0 saturated carbocycles. The number of fused-ring (bicyclic) bond motifs is 2. The Bertz CT molecular complexity index is 1140. The van der Waals surface area contributed by atoms with Crippen molar-refractivity contribution >= 4 is 27.8 Å². The molecule has 0 saturated heterocycles. The number of nitrogens with zero attached hydrogens (tertiary/aromatic N) is 2. The van der Waals surface area contributed by atoms with Crippen LogP contribution >= 0.6 is 0 Å². The van der Waals surface area contributed by atoms with Gasteiger partial charge in [0.05, 0.1) is 5.52 Å². The van der Waals surface area contributed by atoms with E-state index in [4.69, 9.17) is 4.98 Å². The Morgan fingerprint density at radius 3 is 2.69 bits per heavy atom. The van der Waals surface area contributed by atoms with Gasteiger partial charge < -0.3 is 9.67 Å². The predicted molar refractivity (Wildman–Crippen MR) is 104 cm³/mol. The Hall–Kier alpha value is -3.14. The number of aryl methyl sites for hydroxylation is 1. The number of aliphatic carboxylic acids is 1. The number of carboxylic acids is 1. The van der Waals surface area contributed by atoms with E-state index in [1.807, 2.05) is 41.8 Å². The average Bonchev–Trinajstić information content (AvgIpc) is 2.86. The van der Waals surface area contributed by atoms with E-state index in [-0.39, 0.29) is 6.54 Å². The minimum atomic E-state index is -0.832. The fourth-order valence-corrected chi connectivity index (χ4v) is 3.62. The SMILES string of the molecule is Cc1ccc2c(c1)c(Cc1ccc3ccccc3n1)c(C)n2CC(=O)O. The van der Waals surface area contributed by atoms with Crippen LogP contribution in [0.2, 0.25) is 0 Å². The van der Waals surface area contributed by atoms with Crippen LogP contribution in [0.5, 0.6) is 0 Å². The zero-order valence-electron chi connectivity index (χ0n) is 14.9. The van der Waals surface area contributed by atoms with Crippen molar-refractivity contribution in [2.45, 2.75) is 26.8 Å². The molecule has 4 rings (SSSR count). The molecule has 0 radical (unpaired) electrons. The number of carbonyl (C=O) groups is 1. The van der Waals surface area contributed by atoms with E-state index < -0.39 is 5.97 Å². The Morgan fingerprint density at radius 2 is 1.88 bits per heavy atom. The molecular weight excluding hydrogens is 324 g/mol. The highest BCUT2D eigenvalue weighted by Crippen LogP contribution is 2.29. The van der Waals surface area contributed by atoms with E-state index in [0.717, 1.165) is 44.3 Å². The maximum atomic E-state index is 11.3. The van der Waals surface area contributed by atoms with Gasteiger partial charge in [-0.1, -0.05) is 35.9 Å². The Labute approximate surface area is 151 Å². The van der Waals surface area contributed by atoms with Gasteiger partial charge in [-0.3, -0.25) is 9.78 Å². The first-order chi connectivity index (χ1) is 12.5. The summed E-state index contributed by atoms with van der Waals surface area (Å²) in [6.45, 7) is 4.02. The van der Waals surface area contributed by atoms with Gasteiger partial charge in [-0.2, -0.15) is 0 Å². The lowest BCUT2D eigenvalue weighted by Crippen LogP contribution is -2.10. The van der Waals surface area contributed by atoms with E-state index in [2.05, 4.69) is 31.2 Å². The zero-order valence-corrected chi connectivity index (χ0v) is 14.9. The van der Waals surface area contributed by atoms with Crippen molar-refractivity contribution in [2.24, 2.45) is 0 Å². The quantitative estimate of drug-likeness (QED) is 0.594. The van der Waals surface area contributed by atoms with Crippen LogP contribution in [0.3, 0.4) is 0 Å². The third-order valence-electron chi connectivity index (χ3n) is 4.92. The highest BCUT2D eigenvalue weighted by atomic mass is 16.4. The molecule has 2 aromatic heterocycles. The predicted octanol–water partition coefficient (Wildman–Crippen LogP) is 4.48. The molecule has 0 fully saturated rings. The number of carboxylic acid groups (broad SMARTS) is 1. The molecule has 0 atom stereocenters. The second kappa shape index (κ2) is 6.30. The van der Waals surface area contributed by atoms with E-state index in [9.17, 15) is 9.90 Å². The average molecular weight is 344 g/mol. The van der Waals surface area contributed by atoms with Crippen LogP contribution in [0.4, 0.5) is 0 Å². The van der Waals surface area contributed by atoms with E-state index in [1.54, 1.807) is 0 Å². The minimum Gasteiger partial charge on any atom is -0.480 e. The number of pyridine rings is 1. The van der Waals surface area contributed by atoms with Gasteiger partial charge in [0, 0.05) is 34.1 Å². The van der Waals surface area contributed by atoms with Crippen LogP contribution in [-0.2, 0) is 17.8 Å². The van der Waals surface area contributed by atoms with Crippen molar-refractivity contribution in [2.75, 3.05) is 0 Å². The van der Waals surface area contributed by atoms with Gasteiger partial charge in [0.2, 0.25) is 0 Å². The zero-order chi connectivity index (χ0) is 18.3. The normalized spacial score (nSPS) is 11.3. The van der Waals surface area contributed by atoms with Crippen molar-refractivity contribution in [1.82, 2.24) is 9.55 Å². The smallest absolute Gasteiger partial charge is 0.323 e. The summed E-state index contributed by atoms with van der Waals surface area (Å²) < 4.78 is 1.88. The van der Waals surface area contributed by atoms with Crippen molar-refractivity contribution in [3.8, 4) is 0 Å². The molecule has 0 bridgehead atoms. The van der Waals surface area contributed by atoms with Crippen LogP contribution in [0.25, 0.3) is 21.8 Å². The third kappa shape index (κ3) is 2.84. The number of hydrogen-bond donors (Lipinski definition) is 1. The molecule has 2 heterocycles. The minimum absolute atomic E-state index is 0.0312. The first-order valence-corrected chi connectivity index (χ1v) is 8.68. The van der Waals surface area contributed by atoms with Crippen LogP contribution in [0.15, 0.2) is 54.6 Å². The molecule has 0 aliphatic carbocycles. The lowest BCUT2D eigenvalue weighted by atomic mass is 10.0. The number of hydrogen-bond acceptors (Lipinski definition) is 2. The molecule has 0 aliphatic rings. The summed E-state index contributed by atoms with van der Waals surface area (Å²) >= 11 is 0. The Morgan fingerprint density at radius 1 is 1.08 bits per heavy atom. The summed E-state index contributed by atoms with van der Waals surface area (Å²) in [5.41, 5.74) is 6.23. The first kappa shape index (κ1) is 16.3. The van der Waals surface area contributed by atoms with Crippen LogP contribution in [-0.4, -0.2) is 20.6 Å². The highest BCUT2D eigenvalue weighted by molar-refractivity contribution is 5.88. The number of para-hydroxylation sites is 1. The summed E-state index contributed by atoms with van der Waals surface area (Å²) in [6, 6.07) is 18.4. The third-order valence-corrected chi connectivity index (χ3v) is 4.92. The number of aromatic nitrogens is 2. The standard InChI is InChI=1S/C22H20N2O2/c1-14-7-10-21-19(11-14)18(15(2)24(21)13-22(25)26)12-17-9-8-16-5-3-4-6-20(16)23-17/h3-11H,12-13H2,1-2H3,(H,25,26). The van der Waals surface area contributed by atoms with Gasteiger partial charge in [0.15, 0.2) is 0 Å². The van der Waals surface area contributed by atoms with Crippen LogP contribution in [0.1, 0.15) is 22.5 Å². The van der Waals surface area contributed by atoms with Gasteiger partial charge in [-0.15, -0.1) is 0 Å². The summed E-state index contributed by atoms with van der Waals surface area (Å²) in [5, 5.41) is 11.5. The fraction of sp³-hybridized carbons (Fsp3) is 0.182. The van der Waals surface area contributed by atoms with Crippen molar-refractivity contribution in [1.29, 1.82) is 0 Å². The van der Waals surface area contributed by atoms with Crippen molar-refractivity contribution < 1.29 is 9.90 Å². The number of benzene rings is 2. The van der Waals surface area contributed by atoms with Crippen molar-refractivity contribution in [3.05, 3.63) is 77.1 Å². The van der Waals surface area contributed by atoms with Gasteiger partial charge in [-0.25, -0.2) is 0 Å². The second-order valence-corrected chi connectivity index (χ2v) is 6.74. The second-order valence-electron chi connectivity index (χ2n) is 6.74. The molecule has 2 aromatic carbocycles. The fourth-order valence-electron chi connectivity index (χ4n) is 3.62. The van der Waals surface area contributed by atoms with Crippen molar-refractivity contribution in [3.63, 3.8) is 0 Å². The van der Waals surface area contributed by atoms with E-state index >= 15 is 0 Å². The molecular formula is C22H20N2O2. The van der Waals surface area contributed by atoms with Gasteiger partial charge in [0.1, 0.15) is 6.54 Å². The maximum absolute atomic E-state index is 11.3. The molecule has 0 aliphatic heterocycles. The molecule has 4 nitrogen and oxygen atoms in total. The summed E-state index contributed by atoms with van der Waals surface area (Å²) in [7, 11) is 0. The molecule has 0 spiro atoms. The van der Waals surface area contributed by atoms with Crippen LogP contribution < -0.4 is 0 Å². The molecule has 26 heavy (non-hydrogen) atoms. The van der Waals surface area contributed by atoms with E-state index in [1.165, 1.54) is 0 Å². The molecule has 1 N–H and O–H groups in total. The number of rotatable bonds is 4. The van der Waals surface area contributed by atoms with Gasteiger partial charge in [-0.05, 0) is 43.7 Å². The molecule has 130 valence electrons. The Balaban J connectivity index is 1.85. The summed E-state index contributed by atoms with van der Waals surface area (Å²) in [5.74, 6) is -0.832. The lowest BCUT2D eigenvalue weighted by molar-refractivity contribution is -0.137. The largest absolute Gasteiger partial charge is 0.480 e. The highest BCUT2D eigenvalue weighted by Gasteiger charge is 2.16. The monoisotopic (exact) mass is 344 g/mol. The topological polar surface area (TPSA) is 55.1 Å². The Kier molecular flexibility index (Phi) is 3.96. The first-order valence-electron chi connectivity index (χ1n) is 8.68. The summed E-state index contributed by atoms with van der Waals surface area (Å²) in [4.78, 5) is 16.1. The molecule has 4 aromatic rings. The molecule has 4 heteroatoms. The van der Waals surface area contributed by atoms with Gasteiger partial charge >= 0.3 is 5.97 Å². The van der Waals surface area contributed by atoms with Crippen LogP contribution in [0, 0.1) is 13.8 Å². The maximum Gasteiger partial charge on any atom is 0.323 e. The summed E-state index contributed by atoms with van der Waals surface area (Å²) in [6.07, 6.45) is 0.684. The lowest BCUT2D eigenvalue weighted by Gasteiger charge is -2.06.